The fourth-order valence-corrected chi connectivity index (χ4v) is 23.8. The van der Waals surface area contributed by atoms with Crippen LogP contribution in [0, 0.1) is 0 Å². The van der Waals surface area contributed by atoms with Gasteiger partial charge in [-0.05, 0) is 295 Å². The molecule has 10 heteroatoms. The molecular formula is C139H116N6O3Pd. The third-order valence-corrected chi connectivity index (χ3v) is 30.7. The zero-order valence-electron chi connectivity index (χ0n) is 85.5. The minimum Gasteiger partial charge on any atom is -0.657 e. The van der Waals surface area contributed by atoms with Crippen molar-refractivity contribution in [1.29, 1.82) is 0 Å². The average molecular weight is 2020 g/mol. The van der Waals surface area contributed by atoms with Gasteiger partial charge in [-0.1, -0.05) is 405 Å². The molecule has 0 aliphatic carbocycles. The molecule has 0 spiro atoms. The van der Waals surface area contributed by atoms with Crippen LogP contribution in [0.5, 0.6) is 5.75 Å². The number of anilines is 6. The molecule has 22 aromatic rings. The molecule has 24 rings (SSSR count). The average Bonchev–Trinajstić information content (AvgIpc) is 1.55. The first-order valence-electron chi connectivity index (χ1n) is 52.9. The van der Waals surface area contributed by atoms with Crippen molar-refractivity contribution in [3.8, 4) is 61.4 Å². The molecule has 0 saturated carbocycles. The SMILES string of the molecule is CCC1=C(CC)c2cc3[n-]c(c(CC)c3CC)c(-c3ccc(OCc4ccc(N(c5ccccc5)c5cc6ccc(N(c7ccc(COCc8ccc(-c9c%10ccccc%10c(-c%10ccccc%10)c%10ccccc9%10)cc8)cc7)c7ccc(COCc8ccc(-c9c%10ccccc%10c(-c%10ccccc%10)c%10ccccc9%10)cc8)cc7)c7ccc8cccc5c8c67)cc4)cc3)c3nc(cc4[n-]c(cc1n2)c(CC)c4CC)C(CC)=C3CC.[Pd+2]. The third-order valence-electron chi connectivity index (χ3n) is 30.7. The van der Waals surface area contributed by atoms with Crippen molar-refractivity contribution in [2.45, 2.75) is 140 Å². The van der Waals surface area contributed by atoms with Gasteiger partial charge < -0.3 is 34.0 Å². The largest absolute Gasteiger partial charge is 2.00 e. The summed E-state index contributed by atoms with van der Waals surface area (Å²) in [5.41, 5.74) is 41.8. The summed E-state index contributed by atoms with van der Waals surface area (Å²) in [5.74, 6) is 0.777. The third kappa shape index (κ3) is 17.9. The van der Waals surface area contributed by atoms with Gasteiger partial charge in [0.05, 0.1) is 60.6 Å². The van der Waals surface area contributed by atoms with Crippen molar-refractivity contribution >= 4 is 154 Å². The van der Waals surface area contributed by atoms with Crippen LogP contribution in [0.15, 0.2) is 400 Å². The predicted molar refractivity (Wildman–Crippen MR) is 622 cm³/mol. The summed E-state index contributed by atoms with van der Waals surface area (Å²) in [4.78, 5) is 27.4. The molecule has 8 bridgehead atoms. The van der Waals surface area contributed by atoms with Gasteiger partial charge in [0.25, 0.3) is 0 Å². The Bertz CT molecular complexity index is 8700. The Morgan fingerprint density at radius 3 is 0.980 bits per heavy atom. The van der Waals surface area contributed by atoms with Gasteiger partial charge in [-0.25, -0.2) is 9.97 Å². The maximum atomic E-state index is 6.85. The maximum Gasteiger partial charge on any atom is 2.00 e. The van der Waals surface area contributed by atoms with E-state index in [0.717, 1.165) is 191 Å². The molecule has 149 heavy (non-hydrogen) atoms. The summed E-state index contributed by atoms with van der Waals surface area (Å²) >= 11 is 0. The standard InChI is InChI=1S/C139H116N6O3.Pd/c1-9-105-107(11-3)125-81-127-109(13-5)111(15-7)138(142-127)137(139-112(16-8)110(14-6)128(143-139)82-126-108(12-4)106(10-2)124(141-126)80-123(105)140-125)98-65-75-104(76-66-98)148-87-92-59-73-103(74-60-92)145(100-40-24-19-25-41-100)130-79-99-68-78-129(122-77-67-95-39-34-50-121(130)135(95)136(99)122)144(101-69-55-90(56-70-101)85-146-83-88-51-61-96(62-52-88)133-117-46-30-26-42-113(117)131(93-35-20-17-21-36-93)114-43-27-31-47-118(114)133)102-71-57-91(58-72-102)86-147-84-89-53-63-97(64-54-89)134-119-48-32-28-44-115(119)132(94-37-22-18-23-38-94)116-45-29-33-49-120(116)134;/h17-82H,9-16,83-87H2,1-8H3;/q-2;+2. The zero-order valence-corrected chi connectivity index (χ0v) is 87.1. The number of allylic oxidation sites excluding steroid dienone is 4. The number of fused-ring (bicyclic) bond motifs is 12. The Kier molecular flexibility index (Phi) is 27.1. The Hall–Kier alpha value is -16.2. The second-order valence-electron chi connectivity index (χ2n) is 39.1. The molecule has 0 unspecified atom stereocenters. The number of hydrogen-bond donors (Lipinski definition) is 0. The van der Waals surface area contributed by atoms with E-state index in [9.17, 15) is 0 Å². The van der Waals surface area contributed by atoms with E-state index in [1.54, 1.807) is 0 Å². The molecule has 3 aromatic heterocycles. The van der Waals surface area contributed by atoms with Gasteiger partial charge in [0.1, 0.15) is 12.4 Å². The van der Waals surface area contributed by atoms with E-state index in [1.165, 1.54) is 148 Å². The van der Waals surface area contributed by atoms with Gasteiger partial charge in [-0.2, -0.15) is 0 Å². The normalized spacial score (nSPS) is 12.2. The van der Waals surface area contributed by atoms with E-state index in [4.69, 9.17) is 34.1 Å². The Morgan fingerprint density at radius 1 is 0.235 bits per heavy atom. The number of aryl methyl sites for hydroxylation is 4. The van der Waals surface area contributed by atoms with Gasteiger partial charge in [-0.3, -0.25) is 0 Å². The summed E-state index contributed by atoms with van der Waals surface area (Å²) in [5, 5.41) is 16.9. The Labute approximate surface area is 886 Å². The first-order valence-corrected chi connectivity index (χ1v) is 52.9. The molecule has 2 aliphatic heterocycles. The van der Waals surface area contributed by atoms with E-state index >= 15 is 0 Å². The van der Waals surface area contributed by atoms with Crippen molar-refractivity contribution in [3.63, 3.8) is 0 Å². The number of nitrogens with zero attached hydrogens (tertiary/aromatic N) is 6. The van der Waals surface area contributed by atoms with Crippen LogP contribution in [0.4, 0.5) is 34.1 Å². The fourth-order valence-electron chi connectivity index (χ4n) is 23.8. The molecular weight excluding hydrogens is 1910 g/mol. The number of para-hydroxylation sites is 1. The van der Waals surface area contributed by atoms with Crippen LogP contribution in [0.25, 0.3) is 175 Å². The van der Waals surface area contributed by atoms with Gasteiger partial charge in [-0.15, -0.1) is 22.1 Å². The molecule has 0 atom stereocenters. The van der Waals surface area contributed by atoms with Crippen LogP contribution in [-0.4, -0.2) is 9.97 Å². The van der Waals surface area contributed by atoms with Gasteiger partial charge in [0.2, 0.25) is 0 Å². The molecule has 0 saturated heterocycles. The number of ether oxygens (including phenoxy) is 3. The minimum absolute atomic E-state index is 0. The second kappa shape index (κ2) is 42.0. The summed E-state index contributed by atoms with van der Waals surface area (Å²) in [6, 6.07) is 147. The van der Waals surface area contributed by atoms with Crippen LogP contribution in [0.1, 0.15) is 154 Å². The van der Waals surface area contributed by atoms with E-state index in [-0.39, 0.29) is 20.4 Å². The summed E-state index contributed by atoms with van der Waals surface area (Å²) in [6.07, 6.45) is 6.82. The summed E-state index contributed by atoms with van der Waals surface area (Å²) in [6.45, 7) is 20.3. The van der Waals surface area contributed by atoms with Crippen LogP contribution in [0.3, 0.4) is 0 Å². The second-order valence-corrected chi connectivity index (χ2v) is 39.1. The molecule has 2 aliphatic rings. The molecule has 5 heterocycles. The zero-order chi connectivity index (χ0) is 100.0. The van der Waals surface area contributed by atoms with Crippen LogP contribution in [-0.2, 0) is 88.6 Å². The van der Waals surface area contributed by atoms with E-state index in [1.807, 2.05) is 0 Å². The maximum absolute atomic E-state index is 6.85. The van der Waals surface area contributed by atoms with Crippen molar-refractivity contribution in [2.75, 3.05) is 9.80 Å². The Balaban J connectivity index is 0.0000122. The van der Waals surface area contributed by atoms with Crippen molar-refractivity contribution in [1.82, 2.24) is 19.9 Å². The molecule has 730 valence electrons. The van der Waals surface area contributed by atoms with Gasteiger partial charge in [0, 0.05) is 33.5 Å². The molecule has 0 N–H and O–H groups in total. The Morgan fingerprint density at radius 2 is 0.557 bits per heavy atom. The summed E-state index contributed by atoms with van der Waals surface area (Å²) < 4.78 is 20.1. The number of rotatable bonds is 30. The van der Waals surface area contributed by atoms with Gasteiger partial charge >= 0.3 is 20.4 Å². The fraction of sp³-hybridized carbons (Fsp3) is 0.151. The minimum atomic E-state index is 0. The van der Waals surface area contributed by atoms with Crippen LogP contribution < -0.4 is 24.5 Å². The molecule has 0 amide bonds. The molecule has 0 radical (unpaired) electrons. The molecule has 9 nitrogen and oxygen atoms in total. The predicted octanol–water partition coefficient (Wildman–Crippen LogP) is 37.1. The summed E-state index contributed by atoms with van der Waals surface area (Å²) in [7, 11) is 0. The van der Waals surface area contributed by atoms with E-state index in [0.29, 0.717) is 33.0 Å². The number of hydrogen-bond acceptors (Lipinski definition) is 7. The molecule has 0 fully saturated rings. The van der Waals surface area contributed by atoms with Crippen molar-refractivity contribution < 1.29 is 34.6 Å². The van der Waals surface area contributed by atoms with Crippen molar-refractivity contribution in [2.24, 2.45) is 0 Å². The van der Waals surface area contributed by atoms with E-state index in [2.05, 4.69) is 466 Å². The molecule has 19 aromatic carbocycles. The smallest absolute Gasteiger partial charge is 0.657 e. The quantitative estimate of drug-likeness (QED) is 0.0248. The van der Waals surface area contributed by atoms with Crippen LogP contribution in [0.2, 0.25) is 0 Å². The number of aromatic nitrogens is 4. The van der Waals surface area contributed by atoms with Crippen molar-refractivity contribution in [3.05, 3.63) is 473 Å². The van der Waals surface area contributed by atoms with Crippen LogP contribution >= 0.6 is 0 Å². The first-order chi connectivity index (χ1) is 73.0. The number of benzene rings is 19. The van der Waals surface area contributed by atoms with E-state index < -0.39 is 0 Å². The first kappa shape index (κ1) is 96.3. The van der Waals surface area contributed by atoms with Gasteiger partial charge in [0.15, 0.2) is 0 Å². The topological polar surface area (TPSA) is 88.2 Å². The monoisotopic (exact) mass is 2020 g/mol.